The minimum Gasteiger partial charge on any atom is -0.508 e. The van der Waals surface area contributed by atoms with Crippen LogP contribution in [-0.2, 0) is 16.0 Å². The summed E-state index contributed by atoms with van der Waals surface area (Å²) in [5, 5.41) is 9.39. The first-order valence-corrected chi connectivity index (χ1v) is 9.14. The summed E-state index contributed by atoms with van der Waals surface area (Å²) in [6, 6.07) is 7.21. The molecular weight excluding hydrogens is 318 g/mol. The largest absolute Gasteiger partial charge is 0.508 e. The predicted molar refractivity (Wildman–Crippen MR) is 95.0 cm³/mol. The molecule has 2 saturated heterocycles. The Balaban J connectivity index is 1.73. The molecule has 0 spiro atoms. The van der Waals surface area contributed by atoms with Gasteiger partial charge in [-0.25, -0.2) is 0 Å². The molecule has 2 aliphatic heterocycles. The van der Waals surface area contributed by atoms with Crippen molar-refractivity contribution in [3.63, 3.8) is 0 Å². The Hall–Kier alpha value is -2.08. The first-order chi connectivity index (χ1) is 12.0. The quantitative estimate of drug-likeness (QED) is 0.860. The van der Waals surface area contributed by atoms with Crippen LogP contribution in [0.4, 0.5) is 0 Å². The van der Waals surface area contributed by atoms with Gasteiger partial charge in [0, 0.05) is 18.6 Å². The number of primary amides is 1. The molecule has 0 unspecified atom stereocenters. The second-order valence-electron chi connectivity index (χ2n) is 7.14. The molecular formula is C19H27N3O3. The fourth-order valence-electron chi connectivity index (χ4n) is 4.24. The number of nitrogens with two attached hydrogens (primary N) is 1. The van der Waals surface area contributed by atoms with Crippen molar-refractivity contribution in [3.8, 4) is 5.75 Å². The molecule has 2 aliphatic rings. The lowest BCUT2D eigenvalue weighted by molar-refractivity contribution is -0.136. The second-order valence-corrected chi connectivity index (χ2v) is 7.14. The Morgan fingerprint density at radius 1 is 1.04 bits per heavy atom. The highest BCUT2D eigenvalue weighted by atomic mass is 16.3. The molecule has 6 heteroatoms. The summed E-state index contributed by atoms with van der Waals surface area (Å²) in [5.74, 6) is 0.0367. The number of hydrogen-bond donors (Lipinski definition) is 2. The number of carbonyl (C=O) groups excluding carboxylic acids is 2. The number of nitrogens with zero attached hydrogens (tertiary/aromatic N) is 2. The Bertz CT molecular complexity index is 617. The fraction of sp³-hybridized carbons (Fsp3) is 0.579. The molecule has 0 aromatic heterocycles. The maximum Gasteiger partial charge on any atom is 0.231 e. The number of phenolic OH excluding ortho intramolecular Hbond substituents is 1. The highest BCUT2D eigenvalue weighted by Crippen LogP contribution is 2.29. The van der Waals surface area contributed by atoms with E-state index in [1.165, 1.54) is 0 Å². The van der Waals surface area contributed by atoms with Crippen molar-refractivity contribution in [1.29, 1.82) is 0 Å². The van der Waals surface area contributed by atoms with Gasteiger partial charge in [-0.15, -0.1) is 0 Å². The van der Waals surface area contributed by atoms with E-state index in [0.717, 1.165) is 50.8 Å². The van der Waals surface area contributed by atoms with E-state index >= 15 is 0 Å². The van der Waals surface area contributed by atoms with Crippen LogP contribution in [0.2, 0.25) is 0 Å². The smallest absolute Gasteiger partial charge is 0.231 e. The van der Waals surface area contributed by atoms with Gasteiger partial charge < -0.3 is 15.7 Å². The van der Waals surface area contributed by atoms with Crippen LogP contribution in [0.15, 0.2) is 24.3 Å². The number of aromatic hydroxyl groups is 1. The van der Waals surface area contributed by atoms with Crippen molar-refractivity contribution >= 4 is 11.8 Å². The zero-order valence-electron chi connectivity index (χ0n) is 14.6. The van der Waals surface area contributed by atoms with Gasteiger partial charge in [0.25, 0.3) is 0 Å². The molecule has 25 heavy (non-hydrogen) atoms. The average Bonchev–Trinajstić information content (AvgIpc) is 2.79. The van der Waals surface area contributed by atoms with Crippen molar-refractivity contribution in [2.24, 2.45) is 5.73 Å². The number of benzene rings is 1. The third-order valence-corrected chi connectivity index (χ3v) is 5.38. The standard InChI is InChI=1S/C19H27N3O3/c20-18(24)13-21-10-2-1-4-17-16(21)5-3-11-22(17)19(25)12-14-6-8-15(23)9-7-14/h6-9,16-17,23H,1-5,10-13H2,(H2,20,24)/t16-,17-/m1/s1. The number of rotatable bonds is 4. The highest BCUT2D eigenvalue weighted by Gasteiger charge is 2.38. The third kappa shape index (κ3) is 4.31. The molecule has 0 aliphatic carbocycles. The van der Waals surface area contributed by atoms with Crippen molar-refractivity contribution < 1.29 is 14.7 Å². The summed E-state index contributed by atoms with van der Waals surface area (Å²) < 4.78 is 0. The molecule has 2 heterocycles. The van der Waals surface area contributed by atoms with Gasteiger partial charge in [-0.1, -0.05) is 18.6 Å². The third-order valence-electron chi connectivity index (χ3n) is 5.38. The number of piperidine rings is 1. The van der Waals surface area contributed by atoms with Gasteiger partial charge in [-0.2, -0.15) is 0 Å². The zero-order chi connectivity index (χ0) is 17.8. The summed E-state index contributed by atoms with van der Waals surface area (Å²) in [7, 11) is 0. The van der Waals surface area contributed by atoms with Crippen molar-refractivity contribution in [2.75, 3.05) is 19.6 Å². The van der Waals surface area contributed by atoms with Crippen LogP contribution in [0.3, 0.4) is 0 Å². The van der Waals surface area contributed by atoms with E-state index in [1.807, 2.05) is 4.90 Å². The minimum absolute atomic E-state index is 0.126. The summed E-state index contributed by atoms with van der Waals surface area (Å²) in [4.78, 5) is 28.5. The van der Waals surface area contributed by atoms with Crippen LogP contribution >= 0.6 is 0 Å². The maximum absolute atomic E-state index is 12.9. The van der Waals surface area contributed by atoms with Crippen LogP contribution in [0.1, 0.15) is 37.7 Å². The number of likely N-dealkylation sites (tertiary alicyclic amines) is 2. The molecule has 0 radical (unpaired) electrons. The molecule has 0 saturated carbocycles. The van der Waals surface area contributed by atoms with Gasteiger partial charge in [0.1, 0.15) is 5.75 Å². The molecule has 2 fully saturated rings. The zero-order valence-corrected chi connectivity index (χ0v) is 14.6. The van der Waals surface area contributed by atoms with E-state index in [4.69, 9.17) is 5.73 Å². The molecule has 1 aromatic rings. The van der Waals surface area contributed by atoms with Gasteiger partial charge in [0.05, 0.1) is 13.0 Å². The molecule has 6 nitrogen and oxygen atoms in total. The summed E-state index contributed by atoms with van der Waals surface area (Å²) in [5.41, 5.74) is 6.33. The van der Waals surface area contributed by atoms with Crippen LogP contribution in [-0.4, -0.2) is 58.4 Å². The van der Waals surface area contributed by atoms with Crippen LogP contribution in [0.25, 0.3) is 0 Å². The van der Waals surface area contributed by atoms with Crippen molar-refractivity contribution in [1.82, 2.24) is 9.80 Å². The number of phenols is 1. The lowest BCUT2D eigenvalue weighted by Crippen LogP contribution is -2.57. The molecule has 3 rings (SSSR count). The van der Waals surface area contributed by atoms with Gasteiger partial charge in [-0.3, -0.25) is 14.5 Å². The Kier molecular flexibility index (Phi) is 5.58. The SMILES string of the molecule is NC(=O)CN1CCCC[C@@H]2[C@H]1CCCN2C(=O)Cc1ccc(O)cc1. The van der Waals surface area contributed by atoms with Crippen LogP contribution < -0.4 is 5.73 Å². The topological polar surface area (TPSA) is 86.9 Å². The van der Waals surface area contributed by atoms with Gasteiger partial charge in [-0.05, 0) is 49.9 Å². The lowest BCUT2D eigenvalue weighted by atomic mass is 9.91. The van der Waals surface area contributed by atoms with Gasteiger partial charge in [0.2, 0.25) is 11.8 Å². The predicted octanol–water partition coefficient (Wildman–Crippen LogP) is 1.27. The molecule has 2 amide bonds. The van der Waals surface area contributed by atoms with Crippen molar-refractivity contribution in [3.05, 3.63) is 29.8 Å². The number of carbonyl (C=O) groups is 2. The van der Waals surface area contributed by atoms with E-state index < -0.39 is 0 Å². The number of hydrogen-bond acceptors (Lipinski definition) is 4. The van der Waals surface area contributed by atoms with Crippen molar-refractivity contribution in [2.45, 2.75) is 50.6 Å². The van der Waals surface area contributed by atoms with E-state index in [0.29, 0.717) is 6.42 Å². The second kappa shape index (κ2) is 7.87. The fourth-order valence-corrected chi connectivity index (χ4v) is 4.24. The van der Waals surface area contributed by atoms with Crippen LogP contribution in [0.5, 0.6) is 5.75 Å². The Morgan fingerprint density at radius 2 is 1.76 bits per heavy atom. The summed E-state index contributed by atoms with van der Waals surface area (Å²) >= 11 is 0. The monoisotopic (exact) mass is 345 g/mol. The molecule has 0 bridgehead atoms. The molecule has 136 valence electrons. The lowest BCUT2D eigenvalue weighted by Gasteiger charge is -2.44. The Labute approximate surface area is 148 Å². The summed E-state index contributed by atoms with van der Waals surface area (Å²) in [6.07, 6.45) is 5.42. The average molecular weight is 345 g/mol. The summed E-state index contributed by atoms with van der Waals surface area (Å²) in [6.45, 7) is 1.94. The number of amides is 2. The molecule has 1 aromatic carbocycles. The van der Waals surface area contributed by atoms with Gasteiger partial charge in [0.15, 0.2) is 0 Å². The van der Waals surface area contributed by atoms with Crippen LogP contribution in [0, 0.1) is 0 Å². The number of fused-ring (bicyclic) bond motifs is 1. The minimum atomic E-state index is -0.298. The molecule has 2 atom stereocenters. The Morgan fingerprint density at radius 3 is 2.48 bits per heavy atom. The van der Waals surface area contributed by atoms with E-state index in [9.17, 15) is 14.7 Å². The molecule has 3 N–H and O–H groups in total. The maximum atomic E-state index is 12.9. The first kappa shape index (κ1) is 17.7. The van der Waals surface area contributed by atoms with Gasteiger partial charge >= 0.3 is 0 Å². The van der Waals surface area contributed by atoms with E-state index in [1.54, 1.807) is 24.3 Å². The van der Waals surface area contributed by atoms with E-state index in [2.05, 4.69) is 4.90 Å². The first-order valence-electron chi connectivity index (χ1n) is 9.14. The highest BCUT2D eigenvalue weighted by molar-refractivity contribution is 5.79. The normalized spacial score (nSPS) is 24.4. The van der Waals surface area contributed by atoms with E-state index in [-0.39, 0.29) is 36.2 Å².